The fourth-order valence-electron chi connectivity index (χ4n) is 5.76. The van der Waals surface area contributed by atoms with Crippen LogP contribution in [-0.4, -0.2) is 76.3 Å². The molecule has 6 rings (SSSR count). The van der Waals surface area contributed by atoms with Gasteiger partial charge in [-0.25, -0.2) is 0 Å². The molecular formula is C33H31N3O8. The van der Waals surface area contributed by atoms with Crippen LogP contribution in [0.15, 0.2) is 74.7 Å². The highest BCUT2D eigenvalue weighted by Crippen LogP contribution is 2.49. The summed E-state index contributed by atoms with van der Waals surface area (Å²) in [6.45, 7) is 2.26. The summed E-state index contributed by atoms with van der Waals surface area (Å²) in [5.74, 6) is -3.44. The number of likely N-dealkylation sites (N-methyl/N-ethyl adjacent to an activating group) is 1. The van der Waals surface area contributed by atoms with Crippen LogP contribution >= 0.6 is 0 Å². The SMILES string of the molecule is COc1ccc2[nH]c(=O)c([C@@H](CC(=O)N3CCN(C)CC3)c3c(O)c(O)c(O)c4c(=O)cc(-c5ccccc5)oc34)cc2c1. The van der Waals surface area contributed by atoms with Gasteiger partial charge in [0.2, 0.25) is 11.7 Å². The lowest BCUT2D eigenvalue weighted by atomic mass is 9.85. The van der Waals surface area contributed by atoms with E-state index < -0.39 is 34.2 Å². The number of benzene rings is 3. The van der Waals surface area contributed by atoms with Gasteiger partial charge in [0.25, 0.3) is 5.56 Å². The number of phenolic OH excluding ortho intramolecular Hbond substituents is 3. The smallest absolute Gasteiger partial charge is 0.252 e. The van der Waals surface area contributed by atoms with Gasteiger partial charge in [0, 0.05) is 72.2 Å². The van der Waals surface area contributed by atoms with Crippen LogP contribution in [0.25, 0.3) is 33.2 Å². The summed E-state index contributed by atoms with van der Waals surface area (Å²) in [6, 6.07) is 16.6. The molecule has 1 atom stereocenters. The second kappa shape index (κ2) is 11.4. The molecule has 1 amide bonds. The molecular weight excluding hydrogens is 566 g/mol. The van der Waals surface area contributed by atoms with Gasteiger partial charge in [-0.05, 0) is 31.3 Å². The molecule has 44 heavy (non-hydrogen) atoms. The van der Waals surface area contributed by atoms with Crippen LogP contribution in [0.1, 0.15) is 23.5 Å². The summed E-state index contributed by atoms with van der Waals surface area (Å²) in [7, 11) is 3.48. The number of hydrogen-bond donors (Lipinski definition) is 4. The maximum Gasteiger partial charge on any atom is 0.252 e. The molecule has 0 spiro atoms. The molecule has 1 fully saturated rings. The van der Waals surface area contributed by atoms with Crippen LogP contribution in [-0.2, 0) is 4.79 Å². The largest absolute Gasteiger partial charge is 0.504 e. The number of carbonyl (C=O) groups is 1. The summed E-state index contributed by atoms with van der Waals surface area (Å²) in [5.41, 5.74) is -0.482. The number of amides is 1. The highest BCUT2D eigenvalue weighted by molar-refractivity contribution is 5.94. The van der Waals surface area contributed by atoms with Crippen molar-refractivity contribution < 1.29 is 29.3 Å². The van der Waals surface area contributed by atoms with E-state index >= 15 is 0 Å². The van der Waals surface area contributed by atoms with E-state index in [1.165, 1.54) is 13.2 Å². The zero-order valence-corrected chi connectivity index (χ0v) is 24.2. The van der Waals surface area contributed by atoms with Crippen molar-refractivity contribution in [3.8, 4) is 34.3 Å². The van der Waals surface area contributed by atoms with Crippen molar-refractivity contribution in [3.05, 3.63) is 92.4 Å². The molecule has 3 heterocycles. The number of nitrogens with zero attached hydrogens (tertiary/aromatic N) is 2. The molecule has 226 valence electrons. The van der Waals surface area contributed by atoms with Crippen LogP contribution < -0.4 is 15.7 Å². The number of hydrogen-bond acceptors (Lipinski definition) is 9. The minimum atomic E-state index is -1.19. The molecule has 11 heteroatoms. The normalized spacial score (nSPS) is 14.6. The quantitative estimate of drug-likeness (QED) is 0.214. The predicted molar refractivity (Wildman–Crippen MR) is 165 cm³/mol. The zero-order valence-electron chi connectivity index (χ0n) is 24.2. The number of aromatic amines is 1. The van der Waals surface area contributed by atoms with Gasteiger partial charge >= 0.3 is 0 Å². The van der Waals surface area contributed by atoms with Gasteiger partial charge < -0.3 is 39.3 Å². The van der Waals surface area contributed by atoms with Crippen molar-refractivity contribution in [1.82, 2.24) is 14.8 Å². The fourth-order valence-corrected chi connectivity index (χ4v) is 5.76. The summed E-state index contributed by atoms with van der Waals surface area (Å²) in [6.07, 6.45) is -0.297. The molecule has 1 aliphatic rings. The Kier molecular flexibility index (Phi) is 7.48. The molecule has 11 nitrogen and oxygen atoms in total. The summed E-state index contributed by atoms with van der Waals surface area (Å²) in [4.78, 5) is 47.4. The van der Waals surface area contributed by atoms with Crippen molar-refractivity contribution in [2.24, 2.45) is 0 Å². The number of piperazine rings is 1. The summed E-state index contributed by atoms with van der Waals surface area (Å²) < 4.78 is 11.5. The zero-order chi connectivity index (χ0) is 31.1. The lowest BCUT2D eigenvalue weighted by Gasteiger charge is -2.33. The van der Waals surface area contributed by atoms with E-state index in [0.717, 1.165) is 0 Å². The number of H-pyrrole nitrogens is 1. The second-order valence-electron chi connectivity index (χ2n) is 11.0. The van der Waals surface area contributed by atoms with Gasteiger partial charge in [0.1, 0.15) is 22.5 Å². The third-order valence-corrected chi connectivity index (χ3v) is 8.23. The van der Waals surface area contributed by atoms with Crippen molar-refractivity contribution in [1.29, 1.82) is 0 Å². The van der Waals surface area contributed by atoms with Crippen molar-refractivity contribution >= 4 is 27.8 Å². The molecule has 0 aliphatic carbocycles. The molecule has 0 bridgehead atoms. The highest BCUT2D eigenvalue weighted by Gasteiger charge is 2.34. The van der Waals surface area contributed by atoms with E-state index in [1.807, 2.05) is 7.05 Å². The summed E-state index contributed by atoms with van der Waals surface area (Å²) >= 11 is 0. The maximum atomic E-state index is 13.8. The van der Waals surface area contributed by atoms with E-state index in [0.29, 0.717) is 48.4 Å². The number of rotatable bonds is 6. The number of carbonyl (C=O) groups excluding carboxylic acids is 1. The minimum Gasteiger partial charge on any atom is -0.504 e. The molecule has 1 saturated heterocycles. The molecule has 4 N–H and O–H groups in total. The Balaban J connectivity index is 1.63. The first kappa shape index (κ1) is 28.8. The Labute approximate surface area is 251 Å². The Bertz CT molecular complexity index is 2010. The highest BCUT2D eigenvalue weighted by atomic mass is 16.5. The number of aromatic nitrogens is 1. The van der Waals surface area contributed by atoms with Crippen LogP contribution in [0.5, 0.6) is 23.0 Å². The van der Waals surface area contributed by atoms with Crippen molar-refractivity contribution in [3.63, 3.8) is 0 Å². The predicted octanol–water partition coefficient (Wildman–Crippen LogP) is 3.72. The van der Waals surface area contributed by atoms with E-state index in [4.69, 9.17) is 9.15 Å². The molecule has 1 aliphatic heterocycles. The van der Waals surface area contributed by atoms with E-state index in [2.05, 4.69) is 9.88 Å². The third kappa shape index (κ3) is 5.11. The number of aromatic hydroxyl groups is 3. The van der Waals surface area contributed by atoms with Crippen LogP contribution in [0.3, 0.4) is 0 Å². The van der Waals surface area contributed by atoms with Gasteiger partial charge in [-0.2, -0.15) is 0 Å². The van der Waals surface area contributed by atoms with Gasteiger partial charge in [-0.1, -0.05) is 30.3 Å². The molecule has 3 aromatic carbocycles. The Morgan fingerprint density at radius 3 is 2.39 bits per heavy atom. The topological polar surface area (TPSA) is 157 Å². The Hall–Kier alpha value is -5.29. The average molecular weight is 598 g/mol. The molecule has 2 aromatic heterocycles. The standard InChI is InChI=1S/C33H31N3O8/c1-35-10-12-36(13-11-35)26(38)16-21(22-15-19-14-20(43-2)8-9-23(19)34-33(22)42)27-29(39)31(41)30(40)28-24(37)17-25(44-32(27)28)18-6-4-3-5-7-18/h3-9,14-15,17,21,39-41H,10-13,16H2,1-2H3,(H,34,42)/t21-/m1/s1. The first-order chi connectivity index (χ1) is 21.2. The third-order valence-electron chi connectivity index (χ3n) is 8.23. The van der Waals surface area contributed by atoms with E-state index in [9.17, 15) is 29.7 Å². The van der Waals surface area contributed by atoms with Crippen molar-refractivity contribution in [2.75, 3.05) is 40.3 Å². The second-order valence-corrected chi connectivity index (χ2v) is 11.0. The van der Waals surface area contributed by atoms with Crippen LogP contribution in [0, 0.1) is 0 Å². The van der Waals surface area contributed by atoms with Gasteiger partial charge in [0.15, 0.2) is 16.9 Å². The first-order valence-electron chi connectivity index (χ1n) is 14.1. The van der Waals surface area contributed by atoms with Crippen LogP contribution in [0.4, 0.5) is 0 Å². The van der Waals surface area contributed by atoms with E-state index in [1.54, 1.807) is 59.5 Å². The number of fused-ring (bicyclic) bond motifs is 2. The monoisotopic (exact) mass is 597 g/mol. The summed E-state index contributed by atoms with van der Waals surface area (Å²) in [5, 5.41) is 33.2. The van der Waals surface area contributed by atoms with Gasteiger partial charge in [0.05, 0.1) is 7.11 Å². The fraction of sp³-hybridized carbons (Fsp3) is 0.242. The van der Waals surface area contributed by atoms with Gasteiger partial charge in [-0.3, -0.25) is 14.4 Å². The lowest BCUT2D eigenvalue weighted by molar-refractivity contribution is -0.133. The Morgan fingerprint density at radius 2 is 1.68 bits per heavy atom. The van der Waals surface area contributed by atoms with Gasteiger partial charge in [-0.15, -0.1) is 0 Å². The number of methoxy groups -OCH3 is 1. The minimum absolute atomic E-state index is 0.0858. The molecule has 5 aromatic rings. The number of nitrogens with one attached hydrogen (secondary N) is 1. The molecule has 0 radical (unpaired) electrons. The lowest BCUT2D eigenvalue weighted by Crippen LogP contribution is -2.47. The van der Waals surface area contributed by atoms with E-state index in [-0.39, 0.29) is 40.2 Å². The average Bonchev–Trinajstić information content (AvgIpc) is 3.03. The Morgan fingerprint density at radius 1 is 0.955 bits per heavy atom. The molecule has 0 saturated carbocycles. The van der Waals surface area contributed by atoms with Crippen LogP contribution in [0.2, 0.25) is 0 Å². The number of phenols is 3. The maximum absolute atomic E-state index is 13.8. The number of pyridine rings is 1. The number of ether oxygens (including phenoxy) is 1. The first-order valence-corrected chi connectivity index (χ1v) is 14.1. The molecule has 0 unspecified atom stereocenters. The van der Waals surface area contributed by atoms with Crippen molar-refractivity contribution in [2.45, 2.75) is 12.3 Å².